The Labute approximate surface area is 106 Å². The van der Waals surface area contributed by atoms with Crippen molar-refractivity contribution < 1.29 is 9.53 Å². The first-order valence-corrected chi connectivity index (χ1v) is 6.07. The maximum atomic E-state index is 11.3. The number of methoxy groups -OCH3 is 1. The molecule has 1 aliphatic heterocycles. The molecule has 6 heteroatoms. The summed E-state index contributed by atoms with van der Waals surface area (Å²) in [6, 6.07) is 2.27. The number of amides is 1. The Bertz CT molecular complexity index is 416. The Morgan fingerprint density at radius 1 is 1.44 bits per heavy atom. The van der Waals surface area contributed by atoms with Gasteiger partial charge in [0.05, 0.1) is 7.11 Å². The van der Waals surface area contributed by atoms with Crippen molar-refractivity contribution in [2.24, 2.45) is 0 Å². The Morgan fingerprint density at radius 3 is 2.78 bits per heavy atom. The smallest absolute Gasteiger partial charge is 0.409 e. The van der Waals surface area contributed by atoms with Crippen molar-refractivity contribution >= 4 is 11.9 Å². The van der Waals surface area contributed by atoms with Gasteiger partial charge in [0.1, 0.15) is 12.1 Å². The zero-order valence-electron chi connectivity index (χ0n) is 10.7. The maximum Gasteiger partial charge on any atom is 0.409 e. The fourth-order valence-corrected chi connectivity index (χ4v) is 2.08. The van der Waals surface area contributed by atoms with Crippen LogP contribution in [-0.2, 0) is 4.74 Å². The topological polar surface area (TPSA) is 67.3 Å². The molecular formula is C12H18N4O2. The van der Waals surface area contributed by atoms with Crippen LogP contribution in [0.5, 0.6) is 0 Å². The molecule has 6 nitrogen and oxygen atoms in total. The van der Waals surface area contributed by atoms with Gasteiger partial charge in [-0.3, -0.25) is 0 Å². The summed E-state index contributed by atoms with van der Waals surface area (Å²) in [5.41, 5.74) is 0.944. The second-order valence-electron chi connectivity index (χ2n) is 4.42. The second kappa shape index (κ2) is 5.66. The molecule has 98 valence electrons. The van der Waals surface area contributed by atoms with Crippen LogP contribution in [0.3, 0.4) is 0 Å². The number of rotatable bonds is 2. The van der Waals surface area contributed by atoms with Gasteiger partial charge in [0.25, 0.3) is 0 Å². The van der Waals surface area contributed by atoms with Crippen molar-refractivity contribution in [3.63, 3.8) is 0 Å². The molecule has 0 spiro atoms. The molecule has 0 aromatic carbocycles. The highest BCUT2D eigenvalue weighted by molar-refractivity contribution is 5.67. The van der Waals surface area contributed by atoms with Crippen molar-refractivity contribution in [1.82, 2.24) is 14.9 Å². The minimum Gasteiger partial charge on any atom is -0.453 e. The zero-order valence-corrected chi connectivity index (χ0v) is 10.7. The van der Waals surface area contributed by atoms with Gasteiger partial charge in [0.2, 0.25) is 0 Å². The molecule has 1 saturated heterocycles. The van der Waals surface area contributed by atoms with Gasteiger partial charge in [-0.2, -0.15) is 0 Å². The van der Waals surface area contributed by atoms with Gasteiger partial charge in [-0.05, 0) is 19.8 Å². The molecule has 0 saturated carbocycles. The summed E-state index contributed by atoms with van der Waals surface area (Å²) in [6.07, 6.45) is 3.11. The van der Waals surface area contributed by atoms with Crippen molar-refractivity contribution in [1.29, 1.82) is 0 Å². The van der Waals surface area contributed by atoms with E-state index in [0.717, 1.165) is 24.4 Å². The molecule has 1 aliphatic rings. The summed E-state index contributed by atoms with van der Waals surface area (Å²) in [4.78, 5) is 21.3. The number of ether oxygens (including phenoxy) is 1. The summed E-state index contributed by atoms with van der Waals surface area (Å²) in [5.74, 6) is 0.846. The molecular weight excluding hydrogens is 232 g/mol. The number of hydrogen-bond donors (Lipinski definition) is 1. The van der Waals surface area contributed by atoms with E-state index in [9.17, 15) is 4.79 Å². The number of hydrogen-bond acceptors (Lipinski definition) is 5. The predicted molar refractivity (Wildman–Crippen MR) is 67.4 cm³/mol. The third kappa shape index (κ3) is 3.09. The minimum atomic E-state index is -0.244. The van der Waals surface area contributed by atoms with Gasteiger partial charge in [0.15, 0.2) is 0 Å². The summed E-state index contributed by atoms with van der Waals surface area (Å²) < 4.78 is 4.70. The fraction of sp³-hybridized carbons (Fsp3) is 0.583. The zero-order chi connectivity index (χ0) is 13.0. The van der Waals surface area contributed by atoms with Gasteiger partial charge >= 0.3 is 6.09 Å². The van der Waals surface area contributed by atoms with E-state index >= 15 is 0 Å². The molecule has 1 N–H and O–H groups in total. The fourth-order valence-electron chi connectivity index (χ4n) is 2.08. The predicted octanol–water partition coefficient (Wildman–Crippen LogP) is 1.43. The Kier molecular flexibility index (Phi) is 3.96. The average Bonchev–Trinajstić information content (AvgIpc) is 2.39. The molecule has 0 aliphatic carbocycles. The van der Waals surface area contributed by atoms with Crippen LogP contribution in [0.4, 0.5) is 10.6 Å². The van der Waals surface area contributed by atoms with Gasteiger partial charge < -0.3 is 15.0 Å². The average molecular weight is 250 g/mol. The van der Waals surface area contributed by atoms with E-state index in [1.54, 1.807) is 11.2 Å². The highest BCUT2D eigenvalue weighted by Crippen LogP contribution is 2.15. The lowest BCUT2D eigenvalue weighted by atomic mass is 10.1. The Morgan fingerprint density at radius 2 is 2.17 bits per heavy atom. The number of likely N-dealkylation sites (tertiary alicyclic amines) is 1. The Balaban J connectivity index is 1.85. The number of anilines is 1. The van der Waals surface area contributed by atoms with Gasteiger partial charge in [0, 0.05) is 30.9 Å². The normalized spacial score (nSPS) is 16.4. The highest BCUT2D eigenvalue weighted by atomic mass is 16.5. The summed E-state index contributed by atoms with van der Waals surface area (Å²) in [5, 5.41) is 3.37. The summed E-state index contributed by atoms with van der Waals surface area (Å²) in [7, 11) is 1.41. The van der Waals surface area contributed by atoms with Crippen LogP contribution >= 0.6 is 0 Å². The largest absolute Gasteiger partial charge is 0.453 e. The number of aryl methyl sites for hydroxylation is 1. The number of nitrogens with one attached hydrogen (secondary N) is 1. The molecule has 2 rings (SSSR count). The van der Waals surface area contributed by atoms with E-state index in [0.29, 0.717) is 19.1 Å². The molecule has 0 atom stereocenters. The van der Waals surface area contributed by atoms with Gasteiger partial charge in [-0.15, -0.1) is 0 Å². The third-order valence-electron chi connectivity index (χ3n) is 3.08. The molecule has 0 bridgehead atoms. The van der Waals surface area contributed by atoms with E-state index in [4.69, 9.17) is 4.74 Å². The monoisotopic (exact) mass is 250 g/mol. The van der Waals surface area contributed by atoms with Gasteiger partial charge in [-0.1, -0.05) is 0 Å². The van der Waals surface area contributed by atoms with Crippen LogP contribution in [0.2, 0.25) is 0 Å². The lowest BCUT2D eigenvalue weighted by Gasteiger charge is -2.31. The van der Waals surface area contributed by atoms with Crippen LogP contribution in [-0.4, -0.2) is 47.2 Å². The minimum absolute atomic E-state index is 0.244. The molecule has 1 amide bonds. The van der Waals surface area contributed by atoms with Crippen LogP contribution in [0.15, 0.2) is 12.4 Å². The first kappa shape index (κ1) is 12.6. The van der Waals surface area contributed by atoms with Crippen LogP contribution in [0, 0.1) is 6.92 Å². The van der Waals surface area contributed by atoms with Crippen LogP contribution < -0.4 is 5.32 Å². The maximum absolute atomic E-state index is 11.3. The standard InChI is InChI=1S/C12H18N4O2/c1-9-7-11(14-8-13-9)15-10-3-5-16(6-4-10)12(17)18-2/h7-8,10H,3-6H2,1-2H3,(H,13,14,15). The number of carbonyl (C=O) groups is 1. The molecule has 1 aromatic heterocycles. The van der Waals surface area contributed by atoms with E-state index in [1.807, 2.05) is 13.0 Å². The number of piperidine rings is 1. The van der Waals surface area contributed by atoms with Gasteiger partial charge in [-0.25, -0.2) is 14.8 Å². The van der Waals surface area contributed by atoms with E-state index in [-0.39, 0.29) is 6.09 Å². The molecule has 0 unspecified atom stereocenters. The van der Waals surface area contributed by atoms with Crippen molar-refractivity contribution in [3.8, 4) is 0 Å². The highest BCUT2D eigenvalue weighted by Gasteiger charge is 2.23. The molecule has 0 radical (unpaired) electrons. The van der Waals surface area contributed by atoms with Crippen molar-refractivity contribution in [2.45, 2.75) is 25.8 Å². The van der Waals surface area contributed by atoms with E-state index < -0.39 is 0 Å². The Hall–Kier alpha value is -1.85. The lowest BCUT2D eigenvalue weighted by molar-refractivity contribution is 0.113. The summed E-state index contributed by atoms with van der Waals surface area (Å²) >= 11 is 0. The third-order valence-corrected chi connectivity index (χ3v) is 3.08. The SMILES string of the molecule is COC(=O)N1CCC(Nc2cc(C)ncn2)CC1. The number of carbonyl (C=O) groups excluding carboxylic acids is 1. The quantitative estimate of drug-likeness (QED) is 0.860. The van der Waals surface area contributed by atoms with Crippen molar-refractivity contribution in [3.05, 3.63) is 18.1 Å². The summed E-state index contributed by atoms with van der Waals surface area (Å²) in [6.45, 7) is 3.37. The number of nitrogens with zero attached hydrogens (tertiary/aromatic N) is 3. The van der Waals surface area contributed by atoms with Crippen molar-refractivity contribution in [2.75, 3.05) is 25.5 Å². The van der Waals surface area contributed by atoms with E-state index in [2.05, 4.69) is 15.3 Å². The first-order valence-electron chi connectivity index (χ1n) is 6.07. The van der Waals surface area contributed by atoms with Crippen LogP contribution in [0.1, 0.15) is 18.5 Å². The van der Waals surface area contributed by atoms with Crippen LogP contribution in [0.25, 0.3) is 0 Å². The molecule has 1 fully saturated rings. The lowest BCUT2D eigenvalue weighted by Crippen LogP contribution is -2.42. The molecule has 2 heterocycles. The second-order valence-corrected chi connectivity index (χ2v) is 4.42. The first-order chi connectivity index (χ1) is 8.69. The molecule has 1 aromatic rings. The number of aromatic nitrogens is 2. The molecule has 18 heavy (non-hydrogen) atoms. The van der Waals surface area contributed by atoms with E-state index in [1.165, 1.54) is 7.11 Å².